The Kier molecular flexibility index (Phi) is 13.2. The van der Waals surface area contributed by atoms with Crippen LogP contribution in [0.3, 0.4) is 0 Å². The highest BCUT2D eigenvalue weighted by atomic mass is 16.1. The Morgan fingerprint density at radius 2 is 0.484 bits per heavy atom. The summed E-state index contributed by atoms with van der Waals surface area (Å²) >= 11 is 0. The molecule has 0 spiro atoms. The number of carbonyl (C=O) groups is 2. The standard InChI is InChI=1S/C26H19NO2.C24H19N.C6H12N4/c28-18-20-6-12-24(13-7-20)27(25-14-8-21(19-29)9-15-25)26-16-10-23(11-17-26)22-4-2-1-3-5-22;1-4-10-20(11-5-1)21-16-18-24(19-17-21)25(22-12-6-2-7-13-22)23-14-8-3-9-15-23;1-7-2-9-4-8(1)5-10(3-7)6-9/h1-19H;1-19H;1-6H2. The molecule has 0 aromatic heterocycles. The van der Waals surface area contributed by atoms with Crippen molar-refractivity contribution in [2.24, 2.45) is 0 Å². The molecule has 0 unspecified atom stereocenters. The molecule has 8 aromatic rings. The second-order valence-electron chi connectivity index (χ2n) is 16.1. The predicted molar refractivity (Wildman–Crippen MR) is 260 cm³/mol. The van der Waals surface area contributed by atoms with Gasteiger partial charge in [-0.2, -0.15) is 0 Å². The third kappa shape index (κ3) is 10.1. The second kappa shape index (κ2) is 20.2. The lowest BCUT2D eigenvalue weighted by molar-refractivity contribution is -0.194. The van der Waals surface area contributed by atoms with Gasteiger partial charge in [0.2, 0.25) is 0 Å². The summed E-state index contributed by atoms with van der Waals surface area (Å²) in [6.07, 6.45) is 1.67. The maximum atomic E-state index is 11.0. The molecule has 4 aliphatic heterocycles. The molecule has 0 radical (unpaired) electrons. The van der Waals surface area contributed by atoms with Crippen LogP contribution >= 0.6 is 0 Å². The van der Waals surface area contributed by atoms with Crippen molar-refractivity contribution in [1.82, 2.24) is 19.6 Å². The fraction of sp³-hybridized carbons (Fsp3) is 0.107. The van der Waals surface area contributed by atoms with Gasteiger partial charge < -0.3 is 9.80 Å². The summed E-state index contributed by atoms with van der Waals surface area (Å²) in [5.41, 5.74) is 12.3. The summed E-state index contributed by atoms with van der Waals surface area (Å²) in [6, 6.07) is 73.6. The van der Waals surface area contributed by atoms with E-state index in [9.17, 15) is 9.59 Å². The summed E-state index contributed by atoms with van der Waals surface area (Å²) in [4.78, 5) is 36.3. The number of anilines is 6. The number of rotatable bonds is 10. The highest BCUT2D eigenvalue weighted by molar-refractivity contribution is 5.83. The Bertz CT molecular complexity index is 2550. The lowest BCUT2D eigenvalue weighted by atomic mass is 10.0. The molecule has 4 aliphatic rings. The third-order valence-electron chi connectivity index (χ3n) is 11.5. The highest BCUT2D eigenvalue weighted by Gasteiger charge is 2.36. The van der Waals surface area contributed by atoms with E-state index in [-0.39, 0.29) is 0 Å². The van der Waals surface area contributed by atoms with Gasteiger partial charge in [0, 0.05) is 45.3 Å². The largest absolute Gasteiger partial charge is 0.311 e. The van der Waals surface area contributed by atoms with Crippen molar-refractivity contribution in [3.05, 3.63) is 230 Å². The fourth-order valence-corrected chi connectivity index (χ4v) is 8.55. The van der Waals surface area contributed by atoms with Crippen molar-refractivity contribution in [2.75, 3.05) is 49.8 Å². The molecule has 0 amide bonds. The van der Waals surface area contributed by atoms with Crippen molar-refractivity contribution in [1.29, 1.82) is 0 Å². The SMILES string of the molecule is C1N2CN3CN1CN(C2)C3.O=Cc1ccc(N(c2ccc(C=O)cc2)c2ccc(-c3ccccc3)cc2)cc1.c1ccc(-c2ccc(N(c3ccccc3)c3ccccc3)cc2)cc1. The molecule has 4 saturated heterocycles. The smallest absolute Gasteiger partial charge is 0.150 e. The zero-order chi connectivity index (χ0) is 43.5. The molecule has 0 aliphatic carbocycles. The lowest BCUT2D eigenvalue weighted by Gasteiger charge is -2.56. The number of para-hydroxylation sites is 2. The van der Waals surface area contributed by atoms with Gasteiger partial charge in [0.1, 0.15) is 12.6 Å². The predicted octanol–water partition coefficient (Wildman–Crippen LogP) is 12.3. The molecule has 4 fully saturated rings. The minimum absolute atomic E-state index is 0.629. The minimum atomic E-state index is 0.629. The first-order valence-corrected chi connectivity index (χ1v) is 21.6. The molecule has 0 saturated carbocycles. The van der Waals surface area contributed by atoms with Gasteiger partial charge in [0.25, 0.3) is 0 Å². The van der Waals surface area contributed by atoms with Gasteiger partial charge >= 0.3 is 0 Å². The van der Waals surface area contributed by atoms with E-state index in [0.29, 0.717) is 11.1 Å². The normalized spacial score (nSPS) is 17.8. The molecule has 8 nitrogen and oxygen atoms in total. The molecule has 316 valence electrons. The average molecular weight is 839 g/mol. The second-order valence-corrected chi connectivity index (χ2v) is 16.1. The van der Waals surface area contributed by atoms with Gasteiger partial charge in [-0.05, 0) is 119 Å². The van der Waals surface area contributed by atoms with E-state index in [2.05, 4.69) is 163 Å². The first-order valence-electron chi connectivity index (χ1n) is 21.6. The molecular formula is C56H50N6O2. The van der Waals surface area contributed by atoms with Crippen molar-refractivity contribution in [3.63, 3.8) is 0 Å². The molecule has 4 heterocycles. The molecule has 8 aromatic carbocycles. The van der Waals surface area contributed by atoms with Crippen molar-refractivity contribution < 1.29 is 9.59 Å². The van der Waals surface area contributed by atoms with Crippen LogP contribution in [0.25, 0.3) is 22.3 Å². The number of hydrogen-bond acceptors (Lipinski definition) is 8. The van der Waals surface area contributed by atoms with Crippen LogP contribution in [0, 0.1) is 0 Å². The van der Waals surface area contributed by atoms with E-state index < -0.39 is 0 Å². The van der Waals surface area contributed by atoms with Crippen LogP contribution in [0.1, 0.15) is 20.7 Å². The first-order chi connectivity index (χ1) is 31.6. The van der Waals surface area contributed by atoms with Gasteiger partial charge in [-0.15, -0.1) is 0 Å². The summed E-state index contributed by atoms with van der Waals surface area (Å²) in [7, 11) is 0. The quantitative estimate of drug-likeness (QED) is 0.126. The van der Waals surface area contributed by atoms with Gasteiger partial charge in [-0.3, -0.25) is 29.2 Å². The number of carbonyl (C=O) groups excluding carboxylic acids is 2. The Balaban J connectivity index is 0.000000134. The molecule has 64 heavy (non-hydrogen) atoms. The Labute approximate surface area is 376 Å². The molecular weight excluding hydrogens is 789 g/mol. The van der Waals surface area contributed by atoms with Crippen molar-refractivity contribution in [3.8, 4) is 22.3 Å². The van der Waals surface area contributed by atoms with E-state index in [1.807, 2.05) is 60.7 Å². The Morgan fingerprint density at radius 1 is 0.266 bits per heavy atom. The van der Waals surface area contributed by atoms with Crippen LogP contribution in [-0.4, -0.2) is 72.2 Å². The van der Waals surface area contributed by atoms with Crippen LogP contribution in [0.5, 0.6) is 0 Å². The van der Waals surface area contributed by atoms with Crippen molar-refractivity contribution in [2.45, 2.75) is 0 Å². The lowest BCUT2D eigenvalue weighted by Crippen LogP contribution is -2.71. The summed E-state index contributed by atoms with van der Waals surface area (Å²) < 4.78 is 0. The van der Waals surface area contributed by atoms with E-state index in [4.69, 9.17) is 0 Å². The number of hydrogen-bond donors (Lipinski definition) is 0. The molecule has 8 heteroatoms. The van der Waals surface area contributed by atoms with Crippen LogP contribution < -0.4 is 9.80 Å². The first kappa shape index (κ1) is 41.9. The van der Waals surface area contributed by atoms with Crippen LogP contribution in [0.2, 0.25) is 0 Å². The van der Waals surface area contributed by atoms with Gasteiger partial charge in [0.15, 0.2) is 0 Å². The number of aldehydes is 2. The monoisotopic (exact) mass is 838 g/mol. The van der Waals surface area contributed by atoms with E-state index >= 15 is 0 Å². The summed E-state index contributed by atoms with van der Waals surface area (Å²) in [5.74, 6) is 0. The molecule has 0 atom stereocenters. The fourth-order valence-electron chi connectivity index (χ4n) is 8.55. The van der Waals surface area contributed by atoms with E-state index in [1.54, 1.807) is 24.3 Å². The maximum Gasteiger partial charge on any atom is 0.150 e. The molecule has 4 bridgehead atoms. The Morgan fingerprint density at radius 3 is 0.750 bits per heavy atom. The van der Waals surface area contributed by atoms with Gasteiger partial charge in [-0.1, -0.05) is 121 Å². The maximum absolute atomic E-state index is 11.0. The van der Waals surface area contributed by atoms with Crippen LogP contribution in [0.4, 0.5) is 34.1 Å². The third-order valence-corrected chi connectivity index (χ3v) is 11.5. The van der Waals surface area contributed by atoms with E-state index in [0.717, 1.165) is 57.8 Å². The Hall–Kier alpha value is -7.46. The molecule has 12 rings (SSSR count). The summed E-state index contributed by atoms with van der Waals surface area (Å²) in [6.45, 7) is 7.12. The zero-order valence-corrected chi connectivity index (χ0v) is 35.7. The number of benzene rings is 8. The zero-order valence-electron chi connectivity index (χ0n) is 35.7. The average Bonchev–Trinajstić information content (AvgIpc) is 3.36. The summed E-state index contributed by atoms with van der Waals surface area (Å²) in [5, 5.41) is 0. The van der Waals surface area contributed by atoms with E-state index in [1.165, 1.54) is 51.1 Å². The van der Waals surface area contributed by atoms with Crippen molar-refractivity contribution >= 4 is 46.7 Å². The van der Waals surface area contributed by atoms with Crippen LogP contribution in [0.15, 0.2) is 218 Å². The van der Waals surface area contributed by atoms with Gasteiger partial charge in [-0.25, -0.2) is 0 Å². The highest BCUT2D eigenvalue weighted by Crippen LogP contribution is 2.37. The molecule has 0 N–H and O–H groups in total. The van der Waals surface area contributed by atoms with Gasteiger partial charge in [0.05, 0.1) is 40.0 Å². The minimum Gasteiger partial charge on any atom is -0.311 e. The van der Waals surface area contributed by atoms with Crippen LogP contribution in [-0.2, 0) is 0 Å². The topological polar surface area (TPSA) is 53.6 Å². The number of nitrogens with zero attached hydrogens (tertiary/aromatic N) is 6.